The van der Waals surface area contributed by atoms with Crippen molar-refractivity contribution in [2.24, 2.45) is 0 Å². The highest BCUT2D eigenvalue weighted by molar-refractivity contribution is 5.26. The lowest BCUT2D eigenvalue weighted by atomic mass is 9.99. The van der Waals surface area contributed by atoms with Crippen LogP contribution in [0, 0.1) is 0 Å². The van der Waals surface area contributed by atoms with Gasteiger partial charge < -0.3 is 14.6 Å². The van der Waals surface area contributed by atoms with Gasteiger partial charge in [0, 0.05) is 0 Å². The maximum atomic E-state index is 9.45. The number of hydrogen-bond acceptors (Lipinski definition) is 3. The second kappa shape index (κ2) is 7.19. The molecule has 1 aromatic carbocycles. The second-order valence-electron chi connectivity index (χ2n) is 4.31. The van der Waals surface area contributed by atoms with Crippen LogP contribution in [0.25, 0.3) is 0 Å². The van der Waals surface area contributed by atoms with Crippen LogP contribution < -0.4 is 4.74 Å². The Labute approximate surface area is 109 Å². The van der Waals surface area contributed by atoms with E-state index in [1.807, 2.05) is 24.3 Å². The molecule has 0 aliphatic heterocycles. The number of aliphatic hydroxyl groups excluding tert-OH is 1. The average molecular weight is 250 g/mol. The van der Waals surface area contributed by atoms with Gasteiger partial charge in [-0.25, -0.2) is 0 Å². The summed E-state index contributed by atoms with van der Waals surface area (Å²) in [6, 6.07) is 7.70. The molecule has 0 spiro atoms. The Balaban J connectivity index is 2.63. The molecule has 18 heavy (non-hydrogen) atoms. The van der Waals surface area contributed by atoms with Crippen molar-refractivity contribution >= 4 is 0 Å². The Morgan fingerprint density at radius 1 is 1.33 bits per heavy atom. The van der Waals surface area contributed by atoms with Gasteiger partial charge in [0.2, 0.25) is 0 Å². The summed E-state index contributed by atoms with van der Waals surface area (Å²) in [7, 11) is 1.64. The van der Waals surface area contributed by atoms with Crippen molar-refractivity contribution in [3.05, 3.63) is 42.5 Å². The molecule has 0 amide bonds. The Morgan fingerprint density at radius 3 is 2.44 bits per heavy atom. The van der Waals surface area contributed by atoms with E-state index in [4.69, 9.17) is 9.47 Å². The summed E-state index contributed by atoms with van der Waals surface area (Å²) in [5.74, 6) is 0.824. The van der Waals surface area contributed by atoms with Gasteiger partial charge in [0.25, 0.3) is 0 Å². The Bertz CT molecular complexity index is 359. The maximum absolute atomic E-state index is 9.45. The third-order valence-electron chi connectivity index (χ3n) is 3.00. The van der Waals surface area contributed by atoms with Gasteiger partial charge in [-0.05, 0) is 24.1 Å². The first-order valence-corrected chi connectivity index (χ1v) is 6.21. The zero-order valence-corrected chi connectivity index (χ0v) is 11.2. The number of aliphatic hydroxyl groups is 1. The first-order chi connectivity index (χ1) is 8.69. The van der Waals surface area contributed by atoms with Gasteiger partial charge in [-0.15, -0.1) is 6.58 Å². The van der Waals surface area contributed by atoms with E-state index in [9.17, 15) is 5.11 Å². The minimum absolute atomic E-state index is 0.0412. The van der Waals surface area contributed by atoms with Crippen molar-refractivity contribution in [1.29, 1.82) is 0 Å². The van der Waals surface area contributed by atoms with Gasteiger partial charge in [0.05, 0.1) is 20.3 Å². The predicted octanol–water partition coefficient (Wildman–Crippen LogP) is 2.93. The molecule has 0 radical (unpaired) electrons. The molecule has 0 saturated heterocycles. The molecule has 0 aromatic heterocycles. The highest BCUT2D eigenvalue weighted by Gasteiger charge is 2.25. The van der Waals surface area contributed by atoms with Crippen LogP contribution in [0.15, 0.2) is 36.9 Å². The Kier molecular flexibility index (Phi) is 5.89. The van der Waals surface area contributed by atoms with E-state index in [-0.39, 0.29) is 6.61 Å². The number of hydrogen-bond donors (Lipinski definition) is 1. The van der Waals surface area contributed by atoms with Crippen LogP contribution in [-0.2, 0) is 11.3 Å². The van der Waals surface area contributed by atoms with Crippen molar-refractivity contribution in [2.45, 2.75) is 32.0 Å². The number of ether oxygens (including phenoxy) is 2. The summed E-state index contributed by atoms with van der Waals surface area (Å²) in [6.45, 7) is 6.23. The molecular formula is C15H22O3. The lowest BCUT2D eigenvalue weighted by Crippen LogP contribution is -2.34. The van der Waals surface area contributed by atoms with Crippen molar-refractivity contribution < 1.29 is 14.6 Å². The number of methoxy groups -OCH3 is 1. The largest absolute Gasteiger partial charge is 0.497 e. The van der Waals surface area contributed by atoms with Crippen LogP contribution in [0.5, 0.6) is 5.75 Å². The summed E-state index contributed by atoms with van der Waals surface area (Å²) in [4.78, 5) is 0. The predicted molar refractivity (Wildman–Crippen MR) is 72.7 cm³/mol. The molecule has 1 aromatic rings. The molecule has 0 aliphatic carbocycles. The van der Waals surface area contributed by atoms with E-state index < -0.39 is 5.60 Å². The fraction of sp³-hybridized carbons (Fsp3) is 0.467. The SMILES string of the molecule is C=C[C@@](CO)(CCC)OCc1ccc(OC)cc1. The minimum atomic E-state index is -0.630. The molecule has 0 aliphatic rings. The van der Waals surface area contributed by atoms with Crippen LogP contribution in [-0.4, -0.2) is 24.4 Å². The Hall–Kier alpha value is -1.32. The molecule has 0 saturated carbocycles. The van der Waals surface area contributed by atoms with Gasteiger partial charge in [-0.1, -0.05) is 31.6 Å². The van der Waals surface area contributed by atoms with Crippen LogP contribution in [0.2, 0.25) is 0 Å². The van der Waals surface area contributed by atoms with Crippen molar-refractivity contribution in [3.63, 3.8) is 0 Å². The molecule has 1 rings (SSSR count). The van der Waals surface area contributed by atoms with E-state index in [2.05, 4.69) is 13.5 Å². The third kappa shape index (κ3) is 3.86. The molecular weight excluding hydrogens is 228 g/mol. The summed E-state index contributed by atoms with van der Waals surface area (Å²) in [5, 5.41) is 9.45. The van der Waals surface area contributed by atoms with E-state index >= 15 is 0 Å². The fourth-order valence-corrected chi connectivity index (χ4v) is 1.79. The molecule has 0 fully saturated rings. The second-order valence-corrected chi connectivity index (χ2v) is 4.31. The highest BCUT2D eigenvalue weighted by Crippen LogP contribution is 2.22. The van der Waals surface area contributed by atoms with Crippen LogP contribution in [0.3, 0.4) is 0 Å². The highest BCUT2D eigenvalue weighted by atomic mass is 16.5. The van der Waals surface area contributed by atoms with Crippen molar-refractivity contribution in [1.82, 2.24) is 0 Å². The summed E-state index contributed by atoms with van der Waals surface area (Å²) >= 11 is 0. The first-order valence-electron chi connectivity index (χ1n) is 6.21. The van der Waals surface area contributed by atoms with Crippen LogP contribution in [0.1, 0.15) is 25.3 Å². The molecule has 100 valence electrons. The zero-order chi connectivity index (χ0) is 13.4. The molecule has 3 nitrogen and oxygen atoms in total. The molecule has 0 bridgehead atoms. The lowest BCUT2D eigenvalue weighted by Gasteiger charge is -2.28. The van der Waals surface area contributed by atoms with Crippen molar-refractivity contribution in [2.75, 3.05) is 13.7 Å². The smallest absolute Gasteiger partial charge is 0.118 e. The number of rotatable bonds is 8. The van der Waals surface area contributed by atoms with E-state index in [1.165, 1.54) is 0 Å². The summed E-state index contributed by atoms with van der Waals surface area (Å²) in [6.07, 6.45) is 3.40. The molecule has 1 N–H and O–H groups in total. The molecule has 0 heterocycles. The summed E-state index contributed by atoms with van der Waals surface area (Å²) in [5.41, 5.74) is 0.417. The van der Waals surface area contributed by atoms with Gasteiger partial charge in [-0.3, -0.25) is 0 Å². The molecule has 1 atom stereocenters. The van der Waals surface area contributed by atoms with Crippen LogP contribution >= 0.6 is 0 Å². The van der Waals surface area contributed by atoms with Gasteiger partial charge in [0.1, 0.15) is 11.4 Å². The lowest BCUT2D eigenvalue weighted by molar-refractivity contribution is -0.0603. The molecule has 0 unspecified atom stereocenters. The standard InChI is InChI=1S/C15H22O3/c1-4-10-15(5-2,12-16)18-11-13-6-8-14(17-3)9-7-13/h5-9,16H,2,4,10-12H2,1,3H3/t15-/m0/s1. The van der Waals surface area contributed by atoms with Gasteiger partial charge in [-0.2, -0.15) is 0 Å². The summed E-state index contributed by atoms with van der Waals surface area (Å²) < 4.78 is 10.9. The monoisotopic (exact) mass is 250 g/mol. The quantitative estimate of drug-likeness (QED) is 0.721. The fourth-order valence-electron chi connectivity index (χ4n) is 1.79. The topological polar surface area (TPSA) is 38.7 Å². The maximum Gasteiger partial charge on any atom is 0.118 e. The average Bonchev–Trinajstić information content (AvgIpc) is 2.44. The van der Waals surface area contributed by atoms with Crippen molar-refractivity contribution in [3.8, 4) is 5.75 Å². The van der Waals surface area contributed by atoms with E-state index in [0.717, 1.165) is 24.2 Å². The first kappa shape index (κ1) is 14.7. The number of benzene rings is 1. The van der Waals surface area contributed by atoms with E-state index in [1.54, 1.807) is 13.2 Å². The minimum Gasteiger partial charge on any atom is -0.497 e. The normalized spacial score (nSPS) is 13.9. The van der Waals surface area contributed by atoms with E-state index in [0.29, 0.717) is 6.61 Å². The Morgan fingerprint density at radius 2 is 2.00 bits per heavy atom. The zero-order valence-electron chi connectivity index (χ0n) is 11.2. The molecule has 3 heteroatoms. The van der Waals surface area contributed by atoms with Crippen LogP contribution in [0.4, 0.5) is 0 Å². The third-order valence-corrected chi connectivity index (χ3v) is 3.00. The van der Waals surface area contributed by atoms with Gasteiger partial charge >= 0.3 is 0 Å². The van der Waals surface area contributed by atoms with Gasteiger partial charge in [0.15, 0.2) is 0 Å².